The van der Waals surface area contributed by atoms with Gasteiger partial charge in [-0.2, -0.15) is 0 Å². The molecule has 0 amide bonds. The van der Waals surface area contributed by atoms with Crippen LogP contribution in [0, 0.1) is 0 Å². The van der Waals surface area contributed by atoms with Crippen LogP contribution in [0.15, 0.2) is 4.99 Å². The molecule has 2 aliphatic rings. The van der Waals surface area contributed by atoms with Gasteiger partial charge in [0.1, 0.15) is 0 Å². The van der Waals surface area contributed by atoms with E-state index in [1.807, 2.05) is 0 Å². The van der Waals surface area contributed by atoms with E-state index in [2.05, 4.69) is 36.3 Å². The zero-order valence-electron chi connectivity index (χ0n) is 14.3. The van der Waals surface area contributed by atoms with Gasteiger partial charge in [0.05, 0.1) is 19.8 Å². The minimum atomic E-state index is 0. The van der Waals surface area contributed by atoms with Crippen molar-refractivity contribution in [2.45, 2.75) is 64.6 Å². The summed E-state index contributed by atoms with van der Waals surface area (Å²) < 4.78 is 5.51. The first-order valence-electron chi connectivity index (χ1n) is 8.59. The standard InChI is InChI=1S/C16H32N4O.HI/c1-4-17-16(19-15-7-5-6-8-15)18-11-13(2)20-9-10-21-12-14(20)3;/h13-15H,4-12H2,1-3H3,(H2,17,18,19);1H. The van der Waals surface area contributed by atoms with Gasteiger partial charge in [-0.15, -0.1) is 24.0 Å². The summed E-state index contributed by atoms with van der Waals surface area (Å²) in [6, 6.07) is 1.57. The van der Waals surface area contributed by atoms with E-state index in [1.165, 1.54) is 25.7 Å². The molecule has 1 aliphatic heterocycles. The third-order valence-electron chi connectivity index (χ3n) is 4.54. The van der Waals surface area contributed by atoms with E-state index in [1.54, 1.807) is 0 Å². The van der Waals surface area contributed by atoms with Gasteiger partial charge < -0.3 is 15.4 Å². The number of nitrogens with one attached hydrogen (secondary N) is 2. The Bertz CT molecular complexity index is 334. The monoisotopic (exact) mass is 424 g/mol. The van der Waals surface area contributed by atoms with Crippen molar-refractivity contribution in [2.24, 2.45) is 4.99 Å². The Hall–Kier alpha value is -0.0800. The first kappa shape index (κ1) is 20.0. The van der Waals surface area contributed by atoms with Crippen molar-refractivity contribution < 1.29 is 4.74 Å². The van der Waals surface area contributed by atoms with E-state index >= 15 is 0 Å². The number of hydrogen-bond acceptors (Lipinski definition) is 3. The molecule has 0 spiro atoms. The molecular weight excluding hydrogens is 391 g/mol. The maximum atomic E-state index is 5.51. The van der Waals surface area contributed by atoms with Crippen LogP contribution < -0.4 is 10.6 Å². The molecule has 1 aliphatic carbocycles. The lowest BCUT2D eigenvalue weighted by molar-refractivity contribution is -0.0165. The molecule has 1 saturated heterocycles. The lowest BCUT2D eigenvalue weighted by Crippen LogP contribution is -2.50. The Morgan fingerprint density at radius 1 is 1.36 bits per heavy atom. The van der Waals surface area contributed by atoms with E-state index in [9.17, 15) is 0 Å². The highest BCUT2D eigenvalue weighted by Gasteiger charge is 2.23. The van der Waals surface area contributed by atoms with Crippen LogP contribution >= 0.6 is 24.0 Å². The van der Waals surface area contributed by atoms with Crippen molar-refractivity contribution in [3.05, 3.63) is 0 Å². The van der Waals surface area contributed by atoms with Crippen molar-refractivity contribution in [3.8, 4) is 0 Å². The van der Waals surface area contributed by atoms with Crippen molar-refractivity contribution in [1.82, 2.24) is 15.5 Å². The van der Waals surface area contributed by atoms with E-state index in [0.29, 0.717) is 18.1 Å². The molecule has 0 aromatic rings. The highest BCUT2D eigenvalue weighted by Crippen LogP contribution is 2.17. The summed E-state index contributed by atoms with van der Waals surface area (Å²) in [7, 11) is 0. The molecule has 0 aromatic carbocycles. The van der Waals surface area contributed by atoms with Crippen LogP contribution in [0.5, 0.6) is 0 Å². The third kappa shape index (κ3) is 6.20. The largest absolute Gasteiger partial charge is 0.379 e. The average Bonchev–Trinajstić information content (AvgIpc) is 2.98. The topological polar surface area (TPSA) is 48.9 Å². The van der Waals surface area contributed by atoms with Crippen molar-refractivity contribution >= 4 is 29.9 Å². The number of hydrogen-bond donors (Lipinski definition) is 2. The summed E-state index contributed by atoms with van der Waals surface area (Å²) in [6.07, 6.45) is 5.25. The molecule has 2 rings (SSSR count). The molecule has 1 saturated carbocycles. The van der Waals surface area contributed by atoms with Gasteiger partial charge in [-0.25, -0.2) is 0 Å². The summed E-state index contributed by atoms with van der Waals surface area (Å²) in [4.78, 5) is 7.30. The molecule has 1 heterocycles. The Labute approximate surface area is 152 Å². The third-order valence-corrected chi connectivity index (χ3v) is 4.54. The highest BCUT2D eigenvalue weighted by molar-refractivity contribution is 14.0. The van der Waals surface area contributed by atoms with E-state index in [4.69, 9.17) is 9.73 Å². The SMILES string of the molecule is CCNC(=NCC(C)N1CCOCC1C)NC1CCCC1.I. The van der Waals surface area contributed by atoms with Crippen LogP contribution in [0.3, 0.4) is 0 Å². The second-order valence-corrected chi connectivity index (χ2v) is 6.36. The maximum Gasteiger partial charge on any atom is 0.191 e. The Morgan fingerprint density at radius 2 is 2.09 bits per heavy atom. The van der Waals surface area contributed by atoms with Crippen LogP contribution in [-0.2, 0) is 4.74 Å². The van der Waals surface area contributed by atoms with Gasteiger partial charge in [0.15, 0.2) is 5.96 Å². The molecule has 5 nitrogen and oxygen atoms in total. The van der Waals surface area contributed by atoms with Crippen LogP contribution in [-0.4, -0.2) is 61.8 Å². The maximum absolute atomic E-state index is 5.51. The zero-order valence-corrected chi connectivity index (χ0v) is 16.6. The number of halogens is 1. The van der Waals surface area contributed by atoms with E-state index < -0.39 is 0 Å². The Kier molecular flexibility index (Phi) is 9.66. The van der Waals surface area contributed by atoms with Gasteiger partial charge in [-0.05, 0) is 33.6 Å². The smallest absolute Gasteiger partial charge is 0.191 e. The molecule has 2 atom stereocenters. The van der Waals surface area contributed by atoms with Crippen molar-refractivity contribution in [3.63, 3.8) is 0 Å². The quantitative estimate of drug-likeness (QED) is 0.404. The summed E-state index contributed by atoms with van der Waals surface area (Å²) in [6.45, 7) is 11.1. The minimum absolute atomic E-state index is 0. The zero-order chi connectivity index (χ0) is 15.1. The fourth-order valence-corrected chi connectivity index (χ4v) is 3.31. The van der Waals surface area contributed by atoms with Gasteiger partial charge in [0.2, 0.25) is 0 Å². The summed E-state index contributed by atoms with van der Waals surface area (Å²) in [5.41, 5.74) is 0. The number of guanidine groups is 1. The molecule has 2 fully saturated rings. The number of ether oxygens (including phenoxy) is 1. The van der Waals surface area contributed by atoms with Crippen LogP contribution in [0.2, 0.25) is 0 Å². The second kappa shape index (κ2) is 10.6. The van der Waals surface area contributed by atoms with Crippen LogP contribution in [0.25, 0.3) is 0 Å². The molecule has 2 unspecified atom stereocenters. The summed E-state index contributed by atoms with van der Waals surface area (Å²) in [5, 5.41) is 6.96. The summed E-state index contributed by atoms with van der Waals surface area (Å²) >= 11 is 0. The minimum Gasteiger partial charge on any atom is -0.379 e. The number of nitrogens with zero attached hydrogens (tertiary/aromatic N) is 2. The Morgan fingerprint density at radius 3 is 2.73 bits per heavy atom. The van der Waals surface area contributed by atoms with Gasteiger partial charge >= 0.3 is 0 Å². The number of rotatable bonds is 5. The van der Waals surface area contributed by atoms with Crippen LogP contribution in [0.4, 0.5) is 0 Å². The second-order valence-electron chi connectivity index (χ2n) is 6.36. The van der Waals surface area contributed by atoms with Gasteiger partial charge in [-0.3, -0.25) is 9.89 Å². The molecule has 2 N–H and O–H groups in total. The molecule has 22 heavy (non-hydrogen) atoms. The normalized spacial score (nSPS) is 25.6. The van der Waals surface area contributed by atoms with Crippen LogP contribution in [0.1, 0.15) is 46.5 Å². The Balaban J connectivity index is 0.00000242. The lowest BCUT2D eigenvalue weighted by atomic mass is 10.2. The molecule has 130 valence electrons. The van der Waals surface area contributed by atoms with E-state index in [0.717, 1.165) is 38.8 Å². The first-order chi connectivity index (χ1) is 10.2. The average molecular weight is 424 g/mol. The van der Waals surface area contributed by atoms with Crippen molar-refractivity contribution in [1.29, 1.82) is 0 Å². The number of morpholine rings is 1. The van der Waals surface area contributed by atoms with Gasteiger partial charge in [0.25, 0.3) is 0 Å². The first-order valence-corrected chi connectivity index (χ1v) is 8.59. The molecular formula is C16H33IN4O. The van der Waals surface area contributed by atoms with Gasteiger partial charge in [0, 0.05) is 31.2 Å². The molecule has 6 heteroatoms. The van der Waals surface area contributed by atoms with Crippen molar-refractivity contribution in [2.75, 3.05) is 32.8 Å². The highest BCUT2D eigenvalue weighted by atomic mass is 127. The fraction of sp³-hybridized carbons (Fsp3) is 0.938. The van der Waals surface area contributed by atoms with Gasteiger partial charge in [-0.1, -0.05) is 12.8 Å². The molecule has 0 radical (unpaired) electrons. The number of aliphatic imine (C=N–C) groups is 1. The van der Waals surface area contributed by atoms with E-state index in [-0.39, 0.29) is 24.0 Å². The molecule has 0 bridgehead atoms. The summed E-state index contributed by atoms with van der Waals surface area (Å²) in [5.74, 6) is 0.983. The predicted octanol–water partition coefficient (Wildman–Crippen LogP) is 2.21. The molecule has 0 aromatic heterocycles. The fourth-order valence-electron chi connectivity index (χ4n) is 3.31. The lowest BCUT2D eigenvalue weighted by Gasteiger charge is -2.37. The predicted molar refractivity (Wildman–Crippen MR) is 103 cm³/mol.